The summed E-state index contributed by atoms with van der Waals surface area (Å²) in [4.78, 5) is 21.7. The molecule has 0 radical (unpaired) electrons. The number of fused-ring (bicyclic) bond motifs is 1. The number of aromatic nitrogens is 1. The van der Waals surface area contributed by atoms with Crippen LogP contribution < -0.4 is 0 Å². The predicted octanol–water partition coefficient (Wildman–Crippen LogP) is 5.71. The van der Waals surface area contributed by atoms with Crippen molar-refractivity contribution in [2.24, 2.45) is 5.92 Å². The standard InChI is InChI=1S/C23H33N3O2S/c1-15-9-11-18(26(14-15)21(27)28-22(2,3)4)16-10-12-19-17(13-16)24-20(29-19)23(5,6)25(7)8/h10-13,15H,9,14H2,1-8H3/t15-/m0/s1. The van der Waals surface area contributed by atoms with Crippen molar-refractivity contribution in [3.63, 3.8) is 0 Å². The molecule has 5 nitrogen and oxygen atoms in total. The van der Waals surface area contributed by atoms with Crippen LogP contribution in [0.5, 0.6) is 0 Å². The molecular formula is C23H33N3O2S. The van der Waals surface area contributed by atoms with Crippen LogP contribution in [0.1, 0.15) is 58.5 Å². The number of benzene rings is 1. The highest BCUT2D eigenvalue weighted by Gasteiger charge is 2.30. The summed E-state index contributed by atoms with van der Waals surface area (Å²) in [5.74, 6) is 0.404. The molecule has 0 fully saturated rings. The molecule has 0 aliphatic carbocycles. The summed E-state index contributed by atoms with van der Waals surface area (Å²) in [6, 6.07) is 6.30. The Bertz CT molecular complexity index is 937. The fourth-order valence-corrected chi connectivity index (χ4v) is 4.34. The minimum absolute atomic E-state index is 0.133. The van der Waals surface area contributed by atoms with Crippen LogP contribution in [0.3, 0.4) is 0 Å². The average Bonchev–Trinajstić information content (AvgIpc) is 3.04. The molecule has 29 heavy (non-hydrogen) atoms. The van der Waals surface area contributed by atoms with Crippen LogP contribution >= 0.6 is 11.3 Å². The van der Waals surface area contributed by atoms with Gasteiger partial charge >= 0.3 is 6.09 Å². The summed E-state index contributed by atoms with van der Waals surface area (Å²) < 4.78 is 6.83. The number of allylic oxidation sites excluding steroid dienone is 1. The first-order valence-corrected chi connectivity index (χ1v) is 11.0. The Morgan fingerprint density at radius 3 is 2.55 bits per heavy atom. The van der Waals surface area contributed by atoms with E-state index in [4.69, 9.17) is 9.72 Å². The number of hydrogen-bond acceptors (Lipinski definition) is 5. The maximum absolute atomic E-state index is 12.9. The van der Waals surface area contributed by atoms with Crippen molar-refractivity contribution in [3.05, 3.63) is 34.8 Å². The van der Waals surface area contributed by atoms with E-state index in [1.807, 2.05) is 20.8 Å². The van der Waals surface area contributed by atoms with Crippen LogP contribution in [0.2, 0.25) is 0 Å². The Kier molecular flexibility index (Phi) is 5.80. The van der Waals surface area contributed by atoms with E-state index in [0.717, 1.165) is 32.9 Å². The summed E-state index contributed by atoms with van der Waals surface area (Å²) >= 11 is 1.73. The fourth-order valence-electron chi connectivity index (χ4n) is 3.21. The van der Waals surface area contributed by atoms with Crippen LogP contribution in [-0.2, 0) is 10.3 Å². The molecule has 1 atom stereocenters. The number of rotatable bonds is 3. The lowest BCUT2D eigenvalue weighted by molar-refractivity contribution is 0.0327. The van der Waals surface area contributed by atoms with E-state index in [-0.39, 0.29) is 11.6 Å². The number of hydrogen-bond donors (Lipinski definition) is 0. The van der Waals surface area contributed by atoms with E-state index in [9.17, 15) is 4.79 Å². The van der Waals surface area contributed by atoms with Crippen molar-refractivity contribution in [3.8, 4) is 0 Å². The molecule has 1 aromatic carbocycles. The molecule has 2 heterocycles. The summed E-state index contributed by atoms with van der Waals surface area (Å²) in [6.07, 6.45) is 2.81. The van der Waals surface area contributed by atoms with Gasteiger partial charge in [0.2, 0.25) is 0 Å². The second-order valence-corrected chi connectivity index (χ2v) is 10.7. The van der Waals surface area contributed by atoms with Crippen molar-refractivity contribution in [1.29, 1.82) is 0 Å². The van der Waals surface area contributed by atoms with E-state index in [2.05, 4.69) is 64.0 Å². The molecule has 1 amide bonds. The van der Waals surface area contributed by atoms with Crippen molar-refractivity contribution in [2.45, 2.75) is 59.1 Å². The predicted molar refractivity (Wildman–Crippen MR) is 121 cm³/mol. The summed E-state index contributed by atoms with van der Waals surface area (Å²) in [6.45, 7) is 12.9. The zero-order valence-electron chi connectivity index (χ0n) is 18.9. The van der Waals surface area contributed by atoms with Crippen LogP contribution in [-0.4, -0.2) is 47.1 Å². The molecule has 0 saturated carbocycles. The third-order valence-corrected chi connectivity index (χ3v) is 6.79. The van der Waals surface area contributed by atoms with Gasteiger partial charge in [-0.2, -0.15) is 0 Å². The normalized spacial score (nSPS) is 18.3. The molecule has 0 unspecified atom stereocenters. The number of ether oxygens (including phenoxy) is 1. The van der Waals surface area contributed by atoms with Gasteiger partial charge in [-0.15, -0.1) is 11.3 Å². The molecule has 0 saturated heterocycles. The van der Waals surface area contributed by atoms with Gasteiger partial charge in [0.15, 0.2) is 0 Å². The Labute approximate surface area is 178 Å². The molecule has 1 aromatic heterocycles. The van der Waals surface area contributed by atoms with E-state index in [1.165, 1.54) is 0 Å². The highest BCUT2D eigenvalue weighted by atomic mass is 32.1. The molecule has 1 aliphatic rings. The van der Waals surface area contributed by atoms with Crippen molar-refractivity contribution >= 4 is 33.3 Å². The second kappa shape index (κ2) is 7.73. The van der Waals surface area contributed by atoms with E-state index in [1.54, 1.807) is 16.2 Å². The first-order valence-electron chi connectivity index (χ1n) is 10.2. The largest absolute Gasteiger partial charge is 0.443 e. The SMILES string of the molecule is C[C@H]1CC=C(c2ccc3sc(C(C)(C)N(C)C)nc3c2)N(C(=O)OC(C)(C)C)C1. The fraction of sp³-hybridized carbons (Fsp3) is 0.565. The lowest BCUT2D eigenvalue weighted by atomic mass is 9.98. The van der Waals surface area contributed by atoms with Gasteiger partial charge in [0, 0.05) is 12.1 Å². The Hall–Kier alpha value is -1.92. The zero-order chi connectivity index (χ0) is 21.6. The van der Waals surface area contributed by atoms with E-state index >= 15 is 0 Å². The molecule has 0 spiro atoms. The van der Waals surface area contributed by atoms with E-state index in [0.29, 0.717) is 12.5 Å². The lowest BCUT2D eigenvalue weighted by Gasteiger charge is -2.33. The monoisotopic (exact) mass is 415 g/mol. The minimum atomic E-state index is -0.519. The van der Waals surface area contributed by atoms with Gasteiger partial charge in [0.25, 0.3) is 0 Å². The van der Waals surface area contributed by atoms with Gasteiger partial charge in [-0.1, -0.05) is 19.1 Å². The third-order valence-electron chi connectivity index (χ3n) is 5.44. The number of carbonyl (C=O) groups excluding carboxylic acids is 1. The third kappa shape index (κ3) is 4.64. The number of thiazole rings is 1. The summed E-state index contributed by atoms with van der Waals surface area (Å²) in [7, 11) is 4.15. The van der Waals surface area contributed by atoms with Crippen LogP contribution in [0, 0.1) is 5.92 Å². The smallest absolute Gasteiger partial charge is 0.414 e. The number of nitrogens with zero attached hydrogens (tertiary/aromatic N) is 3. The van der Waals surface area contributed by atoms with Crippen molar-refractivity contribution in [2.75, 3.05) is 20.6 Å². The highest BCUT2D eigenvalue weighted by Crippen LogP contribution is 2.35. The van der Waals surface area contributed by atoms with Crippen LogP contribution in [0.4, 0.5) is 4.79 Å². The summed E-state index contributed by atoms with van der Waals surface area (Å²) in [5, 5.41) is 1.09. The van der Waals surface area contributed by atoms with Gasteiger partial charge in [0.1, 0.15) is 10.6 Å². The lowest BCUT2D eigenvalue weighted by Crippen LogP contribution is -2.39. The Morgan fingerprint density at radius 1 is 1.24 bits per heavy atom. The summed E-state index contributed by atoms with van der Waals surface area (Å²) in [5.41, 5.74) is 2.25. The highest BCUT2D eigenvalue weighted by molar-refractivity contribution is 7.18. The maximum Gasteiger partial charge on any atom is 0.414 e. The molecule has 158 valence electrons. The maximum atomic E-state index is 12.9. The molecule has 2 aromatic rings. The van der Waals surface area contributed by atoms with Gasteiger partial charge in [-0.3, -0.25) is 9.80 Å². The van der Waals surface area contributed by atoms with Crippen LogP contribution in [0.25, 0.3) is 15.9 Å². The van der Waals surface area contributed by atoms with Crippen molar-refractivity contribution < 1.29 is 9.53 Å². The zero-order valence-corrected chi connectivity index (χ0v) is 19.7. The molecule has 0 N–H and O–H groups in total. The first-order chi connectivity index (χ1) is 13.4. The van der Waals surface area contributed by atoms with Gasteiger partial charge in [0.05, 0.1) is 21.5 Å². The second-order valence-electron chi connectivity index (χ2n) is 9.68. The Morgan fingerprint density at radius 2 is 1.93 bits per heavy atom. The first kappa shape index (κ1) is 21.8. The van der Waals surface area contributed by atoms with Crippen molar-refractivity contribution in [1.82, 2.24) is 14.8 Å². The average molecular weight is 416 g/mol. The Balaban J connectivity index is 1.98. The number of amides is 1. The van der Waals surface area contributed by atoms with Gasteiger partial charge in [-0.05, 0) is 73.2 Å². The molecular weight excluding hydrogens is 382 g/mol. The molecule has 6 heteroatoms. The topological polar surface area (TPSA) is 45.7 Å². The van der Waals surface area contributed by atoms with Crippen LogP contribution in [0.15, 0.2) is 24.3 Å². The number of carbonyl (C=O) groups is 1. The van der Waals surface area contributed by atoms with Gasteiger partial charge < -0.3 is 4.74 Å². The quantitative estimate of drug-likeness (QED) is 0.644. The molecule has 1 aliphatic heterocycles. The minimum Gasteiger partial charge on any atom is -0.443 e. The van der Waals surface area contributed by atoms with Gasteiger partial charge in [-0.25, -0.2) is 9.78 Å². The van der Waals surface area contributed by atoms with E-state index < -0.39 is 5.60 Å². The molecule has 3 rings (SSSR count). The molecule has 0 bridgehead atoms.